The first-order valence-corrected chi connectivity index (χ1v) is 8.85. The Labute approximate surface area is 140 Å². The SMILES string of the molecule is Cc1cc(C)c(-c2noc(-c3ccc(S(N)(=O)=O)cc3)n2)c(C)c1. The predicted octanol–water partition coefficient (Wildman–Crippen LogP) is 2.98. The van der Waals surface area contributed by atoms with Crippen molar-refractivity contribution < 1.29 is 12.9 Å². The molecule has 2 N–H and O–H groups in total. The lowest BCUT2D eigenvalue weighted by atomic mass is 9.99. The first-order chi connectivity index (χ1) is 11.3. The van der Waals surface area contributed by atoms with Gasteiger partial charge in [-0.2, -0.15) is 4.98 Å². The lowest BCUT2D eigenvalue weighted by molar-refractivity contribution is 0.432. The molecule has 124 valence electrons. The fourth-order valence-corrected chi connectivity index (χ4v) is 3.28. The van der Waals surface area contributed by atoms with E-state index in [9.17, 15) is 8.42 Å². The van der Waals surface area contributed by atoms with Gasteiger partial charge in [0.2, 0.25) is 15.8 Å². The van der Waals surface area contributed by atoms with E-state index in [0.717, 1.165) is 16.7 Å². The normalized spacial score (nSPS) is 11.7. The molecule has 2 aromatic carbocycles. The highest BCUT2D eigenvalue weighted by Gasteiger charge is 2.15. The summed E-state index contributed by atoms with van der Waals surface area (Å²) in [6, 6.07) is 10.1. The third kappa shape index (κ3) is 3.08. The summed E-state index contributed by atoms with van der Waals surface area (Å²) in [6.07, 6.45) is 0. The zero-order valence-corrected chi connectivity index (χ0v) is 14.4. The highest BCUT2D eigenvalue weighted by molar-refractivity contribution is 7.89. The Morgan fingerprint density at radius 2 is 1.58 bits per heavy atom. The van der Waals surface area contributed by atoms with E-state index in [0.29, 0.717) is 17.3 Å². The Morgan fingerprint density at radius 1 is 1.00 bits per heavy atom. The van der Waals surface area contributed by atoms with Crippen molar-refractivity contribution >= 4 is 10.0 Å². The van der Waals surface area contributed by atoms with Crippen molar-refractivity contribution in [3.63, 3.8) is 0 Å². The summed E-state index contributed by atoms with van der Waals surface area (Å²) in [7, 11) is -3.72. The van der Waals surface area contributed by atoms with Crippen LogP contribution in [-0.4, -0.2) is 18.6 Å². The van der Waals surface area contributed by atoms with E-state index in [-0.39, 0.29) is 4.90 Å². The number of sulfonamides is 1. The third-order valence-electron chi connectivity index (χ3n) is 3.76. The van der Waals surface area contributed by atoms with E-state index >= 15 is 0 Å². The van der Waals surface area contributed by atoms with Crippen molar-refractivity contribution in [1.82, 2.24) is 10.1 Å². The summed E-state index contributed by atoms with van der Waals surface area (Å²) in [5.74, 6) is 0.834. The fraction of sp³-hybridized carbons (Fsp3) is 0.176. The van der Waals surface area contributed by atoms with Crippen molar-refractivity contribution in [2.45, 2.75) is 25.7 Å². The summed E-state index contributed by atoms with van der Waals surface area (Å²) in [5, 5.41) is 9.15. The molecule has 0 saturated heterocycles. The van der Waals surface area contributed by atoms with E-state index in [4.69, 9.17) is 9.66 Å². The van der Waals surface area contributed by atoms with Gasteiger partial charge >= 0.3 is 0 Å². The highest BCUT2D eigenvalue weighted by atomic mass is 32.2. The van der Waals surface area contributed by atoms with Crippen LogP contribution in [0.4, 0.5) is 0 Å². The number of nitrogens with two attached hydrogens (primary N) is 1. The summed E-state index contributed by atoms with van der Waals surface area (Å²) in [6.45, 7) is 6.05. The van der Waals surface area contributed by atoms with Crippen LogP contribution in [0.25, 0.3) is 22.8 Å². The van der Waals surface area contributed by atoms with Gasteiger partial charge in [-0.15, -0.1) is 0 Å². The van der Waals surface area contributed by atoms with Crippen molar-refractivity contribution in [1.29, 1.82) is 0 Å². The maximum atomic E-state index is 11.3. The van der Waals surface area contributed by atoms with Gasteiger partial charge in [0.1, 0.15) is 0 Å². The maximum absolute atomic E-state index is 11.3. The standard InChI is InChI=1S/C17H17N3O3S/c1-10-8-11(2)15(12(3)9-10)16-19-17(23-20-16)13-4-6-14(7-5-13)24(18,21)22/h4-9H,1-3H3,(H2,18,21,22). The molecule has 0 aliphatic carbocycles. The average Bonchev–Trinajstić information content (AvgIpc) is 2.95. The number of rotatable bonds is 3. The molecule has 24 heavy (non-hydrogen) atoms. The number of aromatic nitrogens is 2. The summed E-state index contributed by atoms with van der Waals surface area (Å²) in [5.41, 5.74) is 4.89. The Bertz CT molecular complexity index is 983. The van der Waals surface area contributed by atoms with Gasteiger partial charge in [0, 0.05) is 11.1 Å². The van der Waals surface area contributed by atoms with Gasteiger partial charge < -0.3 is 4.52 Å². The molecule has 1 aromatic heterocycles. The monoisotopic (exact) mass is 343 g/mol. The lowest BCUT2D eigenvalue weighted by Crippen LogP contribution is -2.11. The number of aryl methyl sites for hydroxylation is 3. The number of nitrogens with zero attached hydrogens (tertiary/aromatic N) is 2. The van der Waals surface area contributed by atoms with Crippen LogP contribution in [0.15, 0.2) is 45.8 Å². The molecule has 0 spiro atoms. The van der Waals surface area contributed by atoms with Crippen LogP contribution >= 0.6 is 0 Å². The van der Waals surface area contributed by atoms with Gasteiger partial charge in [-0.1, -0.05) is 22.9 Å². The first-order valence-electron chi connectivity index (χ1n) is 7.31. The van der Waals surface area contributed by atoms with Crippen molar-refractivity contribution in [3.8, 4) is 22.8 Å². The molecule has 0 unspecified atom stereocenters. The molecule has 3 rings (SSSR count). The molecule has 0 radical (unpaired) electrons. The first kappa shape index (κ1) is 16.4. The van der Waals surface area contributed by atoms with Crippen molar-refractivity contribution in [2.75, 3.05) is 0 Å². The minimum absolute atomic E-state index is 0.0382. The van der Waals surface area contributed by atoms with Crippen LogP contribution in [-0.2, 0) is 10.0 Å². The lowest BCUT2D eigenvalue weighted by Gasteiger charge is -2.06. The highest BCUT2D eigenvalue weighted by Crippen LogP contribution is 2.28. The minimum Gasteiger partial charge on any atom is -0.334 e. The molecule has 1 heterocycles. The molecule has 0 atom stereocenters. The molecular formula is C17H17N3O3S. The largest absolute Gasteiger partial charge is 0.334 e. The Hall–Kier alpha value is -2.51. The number of hydrogen-bond acceptors (Lipinski definition) is 5. The van der Waals surface area contributed by atoms with Gasteiger partial charge in [-0.05, 0) is 56.2 Å². The van der Waals surface area contributed by atoms with Gasteiger partial charge in [-0.3, -0.25) is 0 Å². The quantitative estimate of drug-likeness (QED) is 0.788. The van der Waals surface area contributed by atoms with Crippen molar-refractivity contribution in [3.05, 3.63) is 53.1 Å². The van der Waals surface area contributed by atoms with Crippen LogP contribution in [0.2, 0.25) is 0 Å². The van der Waals surface area contributed by atoms with E-state index in [1.165, 1.54) is 17.7 Å². The van der Waals surface area contributed by atoms with Crippen LogP contribution in [0.1, 0.15) is 16.7 Å². The average molecular weight is 343 g/mol. The second kappa shape index (κ2) is 5.85. The molecule has 0 saturated carbocycles. The molecule has 0 aliphatic heterocycles. The van der Waals surface area contributed by atoms with E-state index in [1.54, 1.807) is 12.1 Å². The Kier molecular flexibility index (Phi) is 3.98. The fourth-order valence-electron chi connectivity index (χ4n) is 2.76. The van der Waals surface area contributed by atoms with Gasteiger partial charge in [0.25, 0.3) is 5.89 Å². The summed E-state index contributed by atoms with van der Waals surface area (Å²) in [4.78, 5) is 4.47. The molecule has 0 amide bonds. The Balaban J connectivity index is 2.00. The number of hydrogen-bond donors (Lipinski definition) is 1. The smallest absolute Gasteiger partial charge is 0.258 e. The van der Waals surface area contributed by atoms with Gasteiger partial charge in [0.15, 0.2) is 0 Å². The van der Waals surface area contributed by atoms with Crippen LogP contribution < -0.4 is 5.14 Å². The zero-order valence-electron chi connectivity index (χ0n) is 13.6. The predicted molar refractivity (Wildman–Crippen MR) is 90.8 cm³/mol. The van der Waals surface area contributed by atoms with E-state index in [2.05, 4.69) is 22.3 Å². The molecule has 0 aliphatic rings. The second-order valence-electron chi connectivity index (χ2n) is 5.77. The minimum atomic E-state index is -3.72. The summed E-state index contributed by atoms with van der Waals surface area (Å²) < 4.78 is 27.9. The van der Waals surface area contributed by atoms with Crippen LogP contribution in [0.3, 0.4) is 0 Å². The third-order valence-corrected chi connectivity index (χ3v) is 4.69. The van der Waals surface area contributed by atoms with Crippen molar-refractivity contribution in [2.24, 2.45) is 5.14 Å². The summed E-state index contributed by atoms with van der Waals surface area (Å²) >= 11 is 0. The zero-order chi connectivity index (χ0) is 17.5. The van der Waals surface area contributed by atoms with Crippen LogP contribution in [0.5, 0.6) is 0 Å². The topological polar surface area (TPSA) is 99.1 Å². The van der Waals surface area contributed by atoms with Gasteiger partial charge in [-0.25, -0.2) is 13.6 Å². The molecular weight excluding hydrogens is 326 g/mol. The van der Waals surface area contributed by atoms with Gasteiger partial charge in [0.05, 0.1) is 4.90 Å². The van der Waals surface area contributed by atoms with Crippen LogP contribution in [0, 0.1) is 20.8 Å². The molecule has 7 heteroatoms. The molecule has 6 nitrogen and oxygen atoms in total. The number of primary sulfonamides is 1. The Morgan fingerprint density at radius 3 is 2.12 bits per heavy atom. The molecule has 0 bridgehead atoms. The maximum Gasteiger partial charge on any atom is 0.258 e. The molecule has 0 fully saturated rings. The molecule has 3 aromatic rings. The second-order valence-corrected chi connectivity index (χ2v) is 7.33. The van der Waals surface area contributed by atoms with E-state index in [1.807, 2.05) is 20.8 Å². The van der Waals surface area contributed by atoms with E-state index < -0.39 is 10.0 Å². The number of benzene rings is 2.